The number of fused-ring (bicyclic) bond motifs is 1. The maximum absolute atomic E-state index is 12.6. The highest BCUT2D eigenvalue weighted by Gasteiger charge is 2.34. The highest BCUT2D eigenvalue weighted by molar-refractivity contribution is 9.10. The van der Waals surface area contributed by atoms with Crippen LogP contribution in [0.1, 0.15) is 23.2 Å². The number of carbonyl (C=O) groups is 1. The van der Waals surface area contributed by atoms with Crippen molar-refractivity contribution in [2.45, 2.75) is 18.9 Å². The largest absolute Gasteiger partial charge is 0.338 e. The lowest BCUT2D eigenvalue weighted by Gasteiger charge is -2.35. The first-order valence-electron chi connectivity index (χ1n) is 6.63. The van der Waals surface area contributed by atoms with Crippen LogP contribution in [0.15, 0.2) is 22.7 Å². The molecule has 1 aromatic carbocycles. The van der Waals surface area contributed by atoms with Gasteiger partial charge in [0.25, 0.3) is 5.91 Å². The minimum atomic E-state index is 0. The Morgan fingerprint density at radius 2 is 2.20 bits per heavy atom. The van der Waals surface area contributed by atoms with E-state index in [0.29, 0.717) is 22.5 Å². The van der Waals surface area contributed by atoms with Crippen LogP contribution < -0.4 is 5.32 Å². The average Bonchev–Trinajstić information content (AvgIpc) is 2.85. The number of likely N-dealkylation sites (tertiary alicyclic amines) is 1. The van der Waals surface area contributed by atoms with Gasteiger partial charge >= 0.3 is 0 Å². The monoisotopic (exact) mass is 378 g/mol. The summed E-state index contributed by atoms with van der Waals surface area (Å²) in [5.41, 5.74) is 0.703. The second kappa shape index (κ2) is 6.65. The number of rotatable bonds is 1. The van der Waals surface area contributed by atoms with E-state index >= 15 is 0 Å². The summed E-state index contributed by atoms with van der Waals surface area (Å²) >= 11 is 9.34. The van der Waals surface area contributed by atoms with Gasteiger partial charge in [0.15, 0.2) is 0 Å². The maximum Gasteiger partial charge on any atom is 0.255 e. The van der Waals surface area contributed by atoms with E-state index in [1.54, 1.807) is 18.2 Å². The summed E-state index contributed by atoms with van der Waals surface area (Å²) in [6.07, 6.45) is 2.23. The average molecular weight is 380 g/mol. The first-order valence-corrected chi connectivity index (χ1v) is 7.80. The molecule has 2 fully saturated rings. The van der Waals surface area contributed by atoms with Gasteiger partial charge in [-0.2, -0.15) is 0 Å². The number of halogens is 3. The van der Waals surface area contributed by atoms with Gasteiger partial charge in [0, 0.05) is 28.6 Å². The SMILES string of the molecule is Cl.O=C(c1ccc(Cl)cc1Br)N1CCC2NCCC2C1. The van der Waals surface area contributed by atoms with Gasteiger partial charge in [-0.25, -0.2) is 0 Å². The predicted molar refractivity (Wildman–Crippen MR) is 86.8 cm³/mol. The van der Waals surface area contributed by atoms with Crippen LogP contribution >= 0.6 is 39.9 Å². The van der Waals surface area contributed by atoms with Gasteiger partial charge in [0.05, 0.1) is 5.56 Å². The molecule has 6 heteroatoms. The normalized spacial score (nSPS) is 25.0. The Morgan fingerprint density at radius 1 is 1.40 bits per heavy atom. The van der Waals surface area contributed by atoms with Crippen molar-refractivity contribution < 1.29 is 4.79 Å². The molecule has 0 radical (unpaired) electrons. The van der Waals surface area contributed by atoms with E-state index in [9.17, 15) is 4.79 Å². The summed E-state index contributed by atoms with van der Waals surface area (Å²) in [6.45, 7) is 2.79. The quantitative estimate of drug-likeness (QED) is 0.811. The number of nitrogens with zero attached hydrogens (tertiary/aromatic N) is 1. The molecule has 0 saturated carbocycles. The third-order valence-electron chi connectivity index (χ3n) is 4.10. The van der Waals surface area contributed by atoms with E-state index in [4.69, 9.17) is 11.6 Å². The molecule has 0 spiro atoms. The molecule has 20 heavy (non-hydrogen) atoms. The maximum atomic E-state index is 12.6. The molecule has 1 N–H and O–H groups in total. The van der Waals surface area contributed by atoms with Gasteiger partial charge in [0.1, 0.15) is 0 Å². The molecule has 2 aliphatic heterocycles. The van der Waals surface area contributed by atoms with E-state index in [0.717, 1.165) is 30.5 Å². The van der Waals surface area contributed by atoms with Crippen LogP contribution in [0.3, 0.4) is 0 Å². The zero-order valence-corrected chi connectivity index (χ0v) is 14.1. The molecular weight excluding hydrogens is 363 g/mol. The molecule has 2 heterocycles. The summed E-state index contributed by atoms with van der Waals surface area (Å²) in [4.78, 5) is 14.5. The van der Waals surface area contributed by atoms with Crippen LogP contribution in [-0.4, -0.2) is 36.5 Å². The van der Waals surface area contributed by atoms with Crippen molar-refractivity contribution >= 4 is 45.8 Å². The fourth-order valence-electron chi connectivity index (χ4n) is 3.07. The van der Waals surface area contributed by atoms with Gasteiger partial charge in [-0.15, -0.1) is 12.4 Å². The minimum absolute atomic E-state index is 0. The Hall–Kier alpha value is -0.290. The standard InChI is InChI=1S/C14H16BrClN2O.ClH/c15-12-7-10(16)1-2-11(12)14(19)18-6-4-13-9(8-18)3-5-17-13;/h1-2,7,9,13,17H,3-6,8H2;1H. The molecule has 0 aliphatic carbocycles. The Kier molecular flexibility index (Phi) is 5.35. The minimum Gasteiger partial charge on any atom is -0.338 e. The molecule has 1 aromatic rings. The van der Waals surface area contributed by atoms with Crippen molar-refractivity contribution in [3.8, 4) is 0 Å². The number of hydrogen-bond acceptors (Lipinski definition) is 2. The van der Waals surface area contributed by atoms with Crippen molar-refractivity contribution in [1.82, 2.24) is 10.2 Å². The lowest BCUT2D eigenvalue weighted by Crippen LogP contribution is -2.46. The molecule has 2 atom stereocenters. The van der Waals surface area contributed by atoms with Crippen molar-refractivity contribution in [2.75, 3.05) is 19.6 Å². The van der Waals surface area contributed by atoms with Crippen molar-refractivity contribution in [3.63, 3.8) is 0 Å². The highest BCUT2D eigenvalue weighted by Crippen LogP contribution is 2.28. The lowest BCUT2D eigenvalue weighted by atomic mass is 9.93. The van der Waals surface area contributed by atoms with Gasteiger partial charge < -0.3 is 10.2 Å². The summed E-state index contributed by atoms with van der Waals surface area (Å²) in [5, 5.41) is 4.15. The van der Waals surface area contributed by atoms with E-state index in [-0.39, 0.29) is 18.3 Å². The fraction of sp³-hybridized carbons (Fsp3) is 0.500. The Morgan fingerprint density at radius 3 is 2.95 bits per heavy atom. The summed E-state index contributed by atoms with van der Waals surface area (Å²) in [6, 6.07) is 5.95. The van der Waals surface area contributed by atoms with Crippen LogP contribution in [0.5, 0.6) is 0 Å². The zero-order chi connectivity index (χ0) is 13.4. The summed E-state index contributed by atoms with van der Waals surface area (Å²) in [7, 11) is 0. The van der Waals surface area contributed by atoms with Gasteiger partial charge in [0.2, 0.25) is 0 Å². The molecule has 0 aromatic heterocycles. The molecule has 0 bridgehead atoms. The van der Waals surface area contributed by atoms with Crippen molar-refractivity contribution in [2.24, 2.45) is 5.92 Å². The Labute approximate surface area is 138 Å². The molecule has 110 valence electrons. The van der Waals surface area contributed by atoms with E-state index in [1.807, 2.05) is 4.90 Å². The molecular formula is C14H17BrCl2N2O. The number of amides is 1. The third kappa shape index (κ3) is 3.14. The van der Waals surface area contributed by atoms with Crippen molar-refractivity contribution in [1.29, 1.82) is 0 Å². The number of hydrogen-bond donors (Lipinski definition) is 1. The highest BCUT2D eigenvalue weighted by atomic mass is 79.9. The van der Waals surface area contributed by atoms with Crippen LogP contribution in [0.4, 0.5) is 0 Å². The smallest absolute Gasteiger partial charge is 0.255 e. The van der Waals surface area contributed by atoms with Crippen molar-refractivity contribution in [3.05, 3.63) is 33.3 Å². The second-order valence-electron chi connectivity index (χ2n) is 5.27. The Balaban J connectivity index is 0.00000147. The molecule has 3 nitrogen and oxygen atoms in total. The summed E-state index contributed by atoms with van der Waals surface area (Å²) in [5.74, 6) is 0.720. The van der Waals surface area contributed by atoms with Crippen LogP contribution in [0.25, 0.3) is 0 Å². The third-order valence-corrected chi connectivity index (χ3v) is 5.00. The summed E-state index contributed by atoms with van der Waals surface area (Å²) < 4.78 is 0.775. The van der Waals surface area contributed by atoms with Gasteiger partial charge in [-0.1, -0.05) is 11.6 Å². The number of nitrogens with one attached hydrogen (secondary N) is 1. The van der Waals surface area contributed by atoms with E-state index in [2.05, 4.69) is 21.2 Å². The molecule has 2 saturated heterocycles. The zero-order valence-electron chi connectivity index (χ0n) is 10.9. The first kappa shape index (κ1) is 16.1. The van der Waals surface area contributed by atoms with Crippen LogP contribution in [-0.2, 0) is 0 Å². The van der Waals surface area contributed by atoms with Gasteiger partial charge in [-0.3, -0.25) is 4.79 Å². The van der Waals surface area contributed by atoms with Crippen LogP contribution in [0.2, 0.25) is 5.02 Å². The lowest BCUT2D eigenvalue weighted by molar-refractivity contribution is 0.0661. The topological polar surface area (TPSA) is 32.3 Å². The number of benzene rings is 1. The number of carbonyl (C=O) groups excluding carboxylic acids is 1. The van der Waals surface area contributed by atoms with E-state index in [1.165, 1.54) is 6.42 Å². The van der Waals surface area contributed by atoms with Crippen LogP contribution in [0, 0.1) is 5.92 Å². The fourth-order valence-corrected chi connectivity index (χ4v) is 3.92. The Bertz CT molecular complexity index is 512. The molecule has 3 rings (SSSR count). The van der Waals surface area contributed by atoms with E-state index < -0.39 is 0 Å². The first-order chi connectivity index (χ1) is 9.15. The molecule has 2 unspecified atom stereocenters. The number of piperidine rings is 1. The van der Waals surface area contributed by atoms with Gasteiger partial charge in [-0.05, 0) is 59.4 Å². The predicted octanol–water partition coefficient (Wildman–Crippen LogP) is 3.35. The molecule has 1 amide bonds. The second-order valence-corrected chi connectivity index (χ2v) is 6.56. The molecule has 2 aliphatic rings.